The third-order valence-electron chi connectivity index (χ3n) is 5.83. The van der Waals surface area contributed by atoms with Crippen LogP contribution < -0.4 is 0 Å². The van der Waals surface area contributed by atoms with Crippen molar-refractivity contribution in [2.75, 3.05) is 33.0 Å². The van der Waals surface area contributed by atoms with Gasteiger partial charge in [-0.25, -0.2) is 0 Å². The molecule has 5 heteroatoms. The van der Waals surface area contributed by atoms with Crippen molar-refractivity contribution < 1.29 is 24.1 Å². The average Bonchev–Trinajstić information content (AvgIpc) is 2.79. The van der Waals surface area contributed by atoms with Gasteiger partial charge >= 0.3 is 5.97 Å². The van der Waals surface area contributed by atoms with E-state index >= 15 is 0 Å². The van der Waals surface area contributed by atoms with E-state index < -0.39 is 0 Å². The summed E-state index contributed by atoms with van der Waals surface area (Å²) in [5.74, 6) is -0.126. The minimum Gasteiger partial charge on any atom is -0.466 e. The summed E-state index contributed by atoms with van der Waals surface area (Å²) < 4.78 is 16.3. The third-order valence-corrected chi connectivity index (χ3v) is 5.83. The number of hydrogen-bond acceptors (Lipinski definition) is 5. The Morgan fingerprint density at radius 2 is 1.19 bits per heavy atom. The Morgan fingerprint density at radius 3 is 1.72 bits per heavy atom. The number of ether oxygens (including phenoxy) is 3. The lowest BCUT2D eigenvalue weighted by molar-refractivity contribution is -0.143. The molecule has 0 saturated heterocycles. The maximum atomic E-state index is 11.3. The molecule has 1 N–H and O–H groups in total. The molecule has 0 aliphatic carbocycles. The molecule has 0 aromatic heterocycles. The molecule has 192 valence electrons. The fraction of sp³-hybridized carbons (Fsp3) is 0.963. The minimum atomic E-state index is -0.244. The van der Waals surface area contributed by atoms with Gasteiger partial charge in [-0.05, 0) is 26.2 Å². The van der Waals surface area contributed by atoms with E-state index in [1.807, 2.05) is 6.92 Å². The molecule has 1 atom stereocenters. The molecule has 0 amide bonds. The van der Waals surface area contributed by atoms with Gasteiger partial charge in [-0.3, -0.25) is 4.79 Å². The van der Waals surface area contributed by atoms with Gasteiger partial charge in [-0.15, -0.1) is 0 Å². The van der Waals surface area contributed by atoms with E-state index in [1.165, 1.54) is 83.5 Å². The second kappa shape index (κ2) is 26.6. The van der Waals surface area contributed by atoms with Crippen molar-refractivity contribution in [2.45, 2.75) is 136 Å². The van der Waals surface area contributed by atoms with Gasteiger partial charge in [0.15, 0.2) is 0 Å². The molecule has 1 unspecified atom stereocenters. The Morgan fingerprint density at radius 1 is 0.688 bits per heavy atom. The van der Waals surface area contributed by atoms with Crippen molar-refractivity contribution >= 4 is 5.97 Å². The van der Waals surface area contributed by atoms with Crippen LogP contribution in [0.5, 0.6) is 0 Å². The summed E-state index contributed by atoms with van der Waals surface area (Å²) in [6, 6.07) is 0. The zero-order valence-electron chi connectivity index (χ0n) is 21.4. The molecule has 0 saturated carbocycles. The Balaban J connectivity index is 3.29. The maximum absolute atomic E-state index is 11.3. The number of carbonyl (C=O) groups is 1. The lowest BCUT2D eigenvalue weighted by Gasteiger charge is -2.15. The second-order valence-corrected chi connectivity index (χ2v) is 8.96. The molecule has 0 aromatic rings. The standard InChI is InChI=1S/C27H54O5/c1-3-5-6-7-8-9-10-11-12-13-14-15-16-19-22-30-25-26(24-28)32-23-20-17-18-21-27(29)31-4-2/h26,28H,3-25H2,1-2H3. The molecule has 5 nitrogen and oxygen atoms in total. The van der Waals surface area contributed by atoms with E-state index in [1.54, 1.807) is 0 Å². The van der Waals surface area contributed by atoms with Gasteiger partial charge in [0.1, 0.15) is 6.10 Å². The van der Waals surface area contributed by atoms with Crippen molar-refractivity contribution in [3.63, 3.8) is 0 Å². The highest BCUT2D eigenvalue weighted by atomic mass is 16.5. The third kappa shape index (κ3) is 24.0. The van der Waals surface area contributed by atoms with Gasteiger partial charge in [0.25, 0.3) is 0 Å². The van der Waals surface area contributed by atoms with Crippen LogP contribution in [-0.2, 0) is 19.0 Å². The number of aliphatic hydroxyl groups is 1. The van der Waals surface area contributed by atoms with Crippen LogP contribution >= 0.6 is 0 Å². The van der Waals surface area contributed by atoms with Gasteiger partial charge in [0.05, 0.1) is 19.8 Å². The lowest BCUT2D eigenvalue weighted by Crippen LogP contribution is -2.24. The molecule has 0 heterocycles. The van der Waals surface area contributed by atoms with E-state index in [9.17, 15) is 9.90 Å². The fourth-order valence-electron chi connectivity index (χ4n) is 3.80. The molecule has 0 fully saturated rings. The quantitative estimate of drug-likeness (QED) is 0.112. The molecule has 0 aliphatic heterocycles. The number of hydrogen-bond donors (Lipinski definition) is 1. The first-order chi connectivity index (χ1) is 15.7. The smallest absolute Gasteiger partial charge is 0.305 e. The van der Waals surface area contributed by atoms with Crippen molar-refractivity contribution in [2.24, 2.45) is 0 Å². The summed E-state index contributed by atoms with van der Waals surface area (Å²) in [4.78, 5) is 11.3. The molecule has 0 aromatic carbocycles. The molecular formula is C27H54O5. The summed E-state index contributed by atoms with van der Waals surface area (Å²) in [6.07, 6.45) is 21.9. The SMILES string of the molecule is CCCCCCCCCCCCCCCCOCC(CO)OCCCCCC(=O)OCC. The van der Waals surface area contributed by atoms with Crippen LogP contribution in [0.3, 0.4) is 0 Å². The van der Waals surface area contributed by atoms with Crippen molar-refractivity contribution in [3.05, 3.63) is 0 Å². The second-order valence-electron chi connectivity index (χ2n) is 8.96. The van der Waals surface area contributed by atoms with Crippen LogP contribution in [0.4, 0.5) is 0 Å². The van der Waals surface area contributed by atoms with Gasteiger partial charge in [-0.1, -0.05) is 96.8 Å². The maximum Gasteiger partial charge on any atom is 0.305 e. The van der Waals surface area contributed by atoms with Crippen molar-refractivity contribution in [1.29, 1.82) is 0 Å². The van der Waals surface area contributed by atoms with Crippen molar-refractivity contribution in [1.82, 2.24) is 0 Å². The number of aliphatic hydroxyl groups excluding tert-OH is 1. The molecule has 32 heavy (non-hydrogen) atoms. The first-order valence-corrected chi connectivity index (χ1v) is 13.7. The van der Waals surface area contributed by atoms with E-state index in [4.69, 9.17) is 14.2 Å². The molecule has 0 rings (SSSR count). The van der Waals surface area contributed by atoms with Crippen LogP contribution in [0.25, 0.3) is 0 Å². The summed E-state index contributed by atoms with van der Waals surface area (Å²) in [5.41, 5.74) is 0. The summed E-state index contributed by atoms with van der Waals surface area (Å²) in [5, 5.41) is 9.42. The molecular weight excluding hydrogens is 404 g/mol. The topological polar surface area (TPSA) is 65.0 Å². The van der Waals surface area contributed by atoms with Gasteiger partial charge in [0, 0.05) is 19.6 Å². The van der Waals surface area contributed by atoms with Gasteiger partial charge < -0.3 is 19.3 Å². The number of carbonyl (C=O) groups excluding carboxylic acids is 1. The minimum absolute atomic E-state index is 0.0123. The molecule has 0 aliphatic rings. The normalized spacial score (nSPS) is 12.2. The van der Waals surface area contributed by atoms with E-state index in [2.05, 4.69) is 6.92 Å². The summed E-state index contributed by atoms with van der Waals surface area (Å²) in [7, 11) is 0. The predicted octanol–water partition coefficient (Wildman–Crippen LogP) is 6.99. The zero-order valence-corrected chi connectivity index (χ0v) is 21.4. The summed E-state index contributed by atoms with van der Waals surface area (Å²) in [6.45, 7) is 6.33. The highest BCUT2D eigenvalue weighted by molar-refractivity contribution is 5.69. The number of unbranched alkanes of at least 4 members (excludes halogenated alkanes) is 15. The molecule has 0 bridgehead atoms. The highest BCUT2D eigenvalue weighted by Crippen LogP contribution is 2.13. The van der Waals surface area contributed by atoms with Crippen LogP contribution in [-0.4, -0.2) is 50.2 Å². The van der Waals surface area contributed by atoms with E-state index in [0.29, 0.717) is 26.2 Å². The number of esters is 1. The first kappa shape index (κ1) is 31.4. The monoisotopic (exact) mass is 458 g/mol. The Bertz CT molecular complexity index is 375. The van der Waals surface area contributed by atoms with Gasteiger partial charge in [-0.2, -0.15) is 0 Å². The van der Waals surface area contributed by atoms with Gasteiger partial charge in [0.2, 0.25) is 0 Å². The lowest BCUT2D eigenvalue weighted by atomic mass is 10.0. The van der Waals surface area contributed by atoms with E-state index in [-0.39, 0.29) is 18.7 Å². The Hall–Kier alpha value is -0.650. The molecule has 0 spiro atoms. The van der Waals surface area contributed by atoms with Crippen LogP contribution in [0.2, 0.25) is 0 Å². The summed E-state index contributed by atoms with van der Waals surface area (Å²) >= 11 is 0. The zero-order chi connectivity index (χ0) is 23.5. The first-order valence-electron chi connectivity index (χ1n) is 13.7. The Labute approximate surface area is 199 Å². The predicted molar refractivity (Wildman–Crippen MR) is 133 cm³/mol. The van der Waals surface area contributed by atoms with Crippen LogP contribution in [0, 0.1) is 0 Å². The highest BCUT2D eigenvalue weighted by Gasteiger charge is 2.08. The van der Waals surface area contributed by atoms with Crippen LogP contribution in [0.1, 0.15) is 129 Å². The number of rotatable bonds is 26. The Kier molecular flexibility index (Phi) is 26.1. The fourth-order valence-corrected chi connectivity index (χ4v) is 3.80. The largest absolute Gasteiger partial charge is 0.466 e. The van der Waals surface area contributed by atoms with E-state index in [0.717, 1.165) is 32.3 Å². The molecule has 0 radical (unpaired) electrons. The van der Waals surface area contributed by atoms with Crippen LogP contribution in [0.15, 0.2) is 0 Å². The average molecular weight is 459 g/mol. The van der Waals surface area contributed by atoms with Crippen molar-refractivity contribution in [3.8, 4) is 0 Å².